The number of unbranched alkanes of at least 4 members (excludes halogenated alkanes) is 6. The predicted octanol–water partition coefficient (Wildman–Crippen LogP) is 3.76. The Kier molecular flexibility index (Phi) is 11.9. The molecule has 2 heteroatoms. The van der Waals surface area contributed by atoms with Crippen LogP contribution < -0.4 is 11.3 Å². The van der Waals surface area contributed by atoms with Gasteiger partial charge in [-0.25, -0.2) is 0 Å². The molecule has 0 aromatic rings. The Bertz CT molecular complexity index is 115. The summed E-state index contributed by atoms with van der Waals surface area (Å²) in [6.45, 7) is 4.50. The summed E-state index contributed by atoms with van der Waals surface area (Å²) in [5.41, 5.74) is 2.94. The molecule has 0 aliphatic heterocycles. The lowest BCUT2D eigenvalue weighted by atomic mass is 10.0. The van der Waals surface area contributed by atoms with Crippen LogP contribution >= 0.6 is 0 Å². The summed E-state index contributed by atoms with van der Waals surface area (Å²) in [7, 11) is 0. The van der Waals surface area contributed by atoms with Crippen molar-refractivity contribution in [1.29, 1.82) is 0 Å². The van der Waals surface area contributed by atoms with Gasteiger partial charge in [0, 0.05) is 6.04 Å². The van der Waals surface area contributed by atoms with Crippen molar-refractivity contribution in [1.82, 2.24) is 5.43 Å². The Morgan fingerprint density at radius 2 is 1.33 bits per heavy atom. The zero-order chi connectivity index (χ0) is 11.4. The monoisotopic (exact) mass is 214 g/mol. The summed E-state index contributed by atoms with van der Waals surface area (Å²) in [4.78, 5) is 0. The van der Waals surface area contributed by atoms with Crippen LogP contribution in [-0.4, -0.2) is 6.04 Å². The fourth-order valence-corrected chi connectivity index (χ4v) is 1.93. The van der Waals surface area contributed by atoms with Crippen LogP contribution in [0, 0.1) is 0 Å². The molecule has 3 N–H and O–H groups in total. The Balaban J connectivity index is 3.22. The number of nitrogens with one attached hydrogen (secondary N) is 1. The van der Waals surface area contributed by atoms with Gasteiger partial charge in [-0.05, 0) is 12.8 Å². The van der Waals surface area contributed by atoms with Crippen LogP contribution in [0.4, 0.5) is 0 Å². The predicted molar refractivity (Wildman–Crippen MR) is 68.6 cm³/mol. The fraction of sp³-hybridized carbons (Fsp3) is 1.00. The summed E-state index contributed by atoms with van der Waals surface area (Å²) in [6.07, 6.45) is 13.3. The van der Waals surface area contributed by atoms with Crippen LogP contribution in [-0.2, 0) is 0 Å². The van der Waals surface area contributed by atoms with Gasteiger partial charge in [0.25, 0.3) is 0 Å². The molecule has 0 bridgehead atoms. The van der Waals surface area contributed by atoms with Crippen molar-refractivity contribution in [2.45, 2.75) is 84.1 Å². The molecule has 0 saturated carbocycles. The average molecular weight is 214 g/mol. The van der Waals surface area contributed by atoms with E-state index in [1.165, 1.54) is 64.2 Å². The van der Waals surface area contributed by atoms with Crippen LogP contribution in [0.15, 0.2) is 0 Å². The Labute approximate surface area is 96.0 Å². The van der Waals surface area contributed by atoms with E-state index in [4.69, 9.17) is 5.84 Å². The molecule has 0 aromatic carbocycles. The normalized spacial score (nSPS) is 13.0. The lowest BCUT2D eigenvalue weighted by molar-refractivity contribution is 0.427. The highest BCUT2D eigenvalue weighted by Crippen LogP contribution is 2.11. The highest BCUT2D eigenvalue weighted by molar-refractivity contribution is 4.63. The molecular weight excluding hydrogens is 184 g/mol. The van der Waals surface area contributed by atoms with Gasteiger partial charge in [-0.1, -0.05) is 65.2 Å². The summed E-state index contributed by atoms with van der Waals surface area (Å²) < 4.78 is 0. The van der Waals surface area contributed by atoms with Crippen LogP contribution in [0.25, 0.3) is 0 Å². The maximum absolute atomic E-state index is 5.53. The van der Waals surface area contributed by atoms with Gasteiger partial charge in [-0.3, -0.25) is 11.3 Å². The second kappa shape index (κ2) is 12.0. The number of hydrazine groups is 1. The molecule has 0 heterocycles. The van der Waals surface area contributed by atoms with E-state index in [1.807, 2.05) is 0 Å². The van der Waals surface area contributed by atoms with E-state index in [1.54, 1.807) is 0 Å². The molecule has 0 aliphatic carbocycles. The quantitative estimate of drug-likeness (QED) is 0.312. The van der Waals surface area contributed by atoms with E-state index < -0.39 is 0 Å². The van der Waals surface area contributed by atoms with Crippen molar-refractivity contribution in [3.8, 4) is 0 Å². The lowest BCUT2D eigenvalue weighted by Crippen LogP contribution is -2.34. The Morgan fingerprint density at radius 1 is 0.800 bits per heavy atom. The smallest absolute Gasteiger partial charge is 0.0210 e. The SMILES string of the molecule is CCCCCCCCC(CCCC)NN. The van der Waals surface area contributed by atoms with Gasteiger partial charge in [0.15, 0.2) is 0 Å². The molecule has 0 fully saturated rings. The van der Waals surface area contributed by atoms with Crippen molar-refractivity contribution < 1.29 is 0 Å². The first-order chi connectivity index (χ1) is 7.35. The summed E-state index contributed by atoms with van der Waals surface area (Å²) in [6, 6.07) is 0.552. The summed E-state index contributed by atoms with van der Waals surface area (Å²) in [5.74, 6) is 5.53. The van der Waals surface area contributed by atoms with Crippen molar-refractivity contribution in [3.63, 3.8) is 0 Å². The van der Waals surface area contributed by atoms with E-state index in [0.29, 0.717) is 6.04 Å². The van der Waals surface area contributed by atoms with Crippen LogP contribution in [0.5, 0.6) is 0 Å². The maximum atomic E-state index is 5.53. The van der Waals surface area contributed by atoms with E-state index in [2.05, 4.69) is 19.3 Å². The zero-order valence-electron chi connectivity index (χ0n) is 10.7. The first-order valence-corrected chi connectivity index (χ1v) is 6.81. The van der Waals surface area contributed by atoms with Gasteiger partial charge in [0.05, 0.1) is 0 Å². The minimum absolute atomic E-state index is 0.552. The van der Waals surface area contributed by atoms with Crippen molar-refractivity contribution >= 4 is 0 Å². The molecule has 0 saturated heterocycles. The highest BCUT2D eigenvalue weighted by Gasteiger charge is 2.04. The van der Waals surface area contributed by atoms with E-state index >= 15 is 0 Å². The van der Waals surface area contributed by atoms with Gasteiger partial charge in [0.2, 0.25) is 0 Å². The van der Waals surface area contributed by atoms with Gasteiger partial charge in [-0.15, -0.1) is 0 Å². The third-order valence-corrected chi connectivity index (χ3v) is 3.05. The van der Waals surface area contributed by atoms with Crippen LogP contribution in [0.2, 0.25) is 0 Å². The van der Waals surface area contributed by atoms with Crippen LogP contribution in [0.3, 0.4) is 0 Å². The number of rotatable bonds is 11. The maximum Gasteiger partial charge on any atom is 0.0210 e. The van der Waals surface area contributed by atoms with Crippen molar-refractivity contribution in [2.24, 2.45) is 5.84 Å². The molecule has 0 aromatic heterocycles. The third-order valence-electron chi connectivity index (χ3n) is 3.05. The zero-order valence-corrected chi connectivity index (χ0v) is 10.7. The van der Waals surface area contributed by atoms with Crippen molar-refractivity contribution in [2.75, 3.05) is 0 Å². The van der Waals surface area contributed by atoms with Gasteiger partial charge in [-0.2, -0.15) is 0 Å². The Hall–Kier alpha value is -0.0800. The van der Waals surface area contributed by atoms with E-state index in [0.717, 1.165) is 0 Å². The van der Waals surface area contributed by atoms with Gasteiger partial charge in [0.1, 0.15) is 0 Å². The first-order valence-electron chi connectivity index (χ1n) is 6.81. The molecule has 0 rings (SSSR count). The molecule has 15 heavy (non-hydrogen) atoms. The molecule has 92 valence electrons. The Morgan fingerprint density at radius 3 is 1.93 bits per heavy atom. The van der Waals surface area contributed by atoms with Crippen LogP contribution in [0.1, 0.15) is 78.1 Å². The van der Waals surface area contributed by atoms with E-state index in [-0.39, 0.29) is 0 Å². The van der Waals surface area contributed by atoms with Gasteiger partial charge >= 0.3 is 0 Å². The molecule has 0 amide bonds. The highest BCUT2D eigenvalue weighted by atomic mass is 15.2. The molecule has 0 radical (unpaired) electrons. The third kappa shape index (κ3) is 10.2. The molecule has 2 nitrogen and oxygen atoms in total. The number of nitrogens with two attached hydrogens (primary N) is 1. The summed E-state index contributed by atoms with van der Waals surface area (Å²) in [5, 5.41) is 0. The minimum Gasteiger partial charge on any atom is -0.271 e. The largest absolute Gasteiger partial charge is 0.271 e. The average Bonchev–Trinajstić information content (AvgIpc) is 2.27. The fourth-order valence-electron chi connectivity index (χ4n) is 1.93. The second-order valence-electron chi connectivity index (χ2n) is 4.56. The number of hydrogen-bond acceptors (Lipinski definition) is 2. The molecule has 1 unspecified atom stereocenters. The molecule has 0 aliphatic rings. The minimum atomic E-state index is 0.552. The van der Waals surface area contributed by atoms with E-state index in [9.17, 15) is 0 Å². The molecule has 0 spiro atoms. The first kappa shape index (κ1) is 14.9. The molecule has 1 atom stereocenters. The topological polar surface area (TPSA) is 38.0 Å². The lowest BCUT2D eigenvalue weighted by Gasteiger charge is -2.14. The molecular formula is C13H30N2. The summed E-state index contributed by atoms with van der Waals surface area (Å²) >= 11 is 0. The van der Waals surface area contributed by atoms with Crippen molar-refractivity contribution in [3.05, 3.63) is 0 Å². The standard InChI is InChI=1S/C13H30N2/c1-3-5-7-8-9-10-12-13(15-14)11-6-4-2/h13,15H,3-12,14H2,1-2H3. The number of hydrogen-bond donors (Lipinski definition) is 2. The van der Waals surface area contributed by atoms with Gasteiger partial charge < -0.3 is 0 Å². The second-order valence-corrected chi connectivity index (χ2v) is 4.56.